The summed E-state index contributed by atoms with van der Waals surface area (Å²) in [6.07, 6.45) is 6.75. The standard InChI is InChI=1S/C22H29N3O4/c1-22(16-9-11-17(29-2)12-10-16)20(27)25(21(28)23-22)14-19(26)24-13-5-7-15-6-3-4-8-18(15)24/h9-12,15,18H,3-8,13-14H2,1-2H3,(H,23,28)/t15-,18+,22+/m1/s1. The number of benzene rings is 1. The molecular weight excluding hydrogens is 370 g/mol. The molecule has 1 aromatic carbocycles. The van der Waals surface area contributed by atoms with Crippen molar-refractivity contribution in [1.29, 1.82) is 0 Å². The van der Waals surface area contributed by atoms with Crippen molar-refractivity contribution in [3.05, 3.63) is 29.8 Å². The average Bonchev–Trinajstić information content (AvgIpc) is 2.97. The highest BCUT2D eigenvalue weighted by molar-refractivity contribution is 6.09. The number of nitrogens with one attached hydrogen (secondary N) is 1. The molecule has 0 radical (unpaired) electrons. The predicted molar refractivity (Wildman–Crippen MR) is 107 cm³/mol. The molecular formula is C22H29N3O4. The first kappa shape index (κ1) is 19.7. The largest absolute Gasteiger partial charge is 0.497 e. The summed E-state index contributed by atoms with van der Waals surface area (Å²) < 4.78 is 5.16. The van der Waals surface area contributed by atoms with Gasteiger partial charge in [0.25, 0.3) is 5.91 Å². The van der Waals surface area contributed by atoms with Gasteiger partial charge >= 0.3 is 6.03 Å². The van der Waals surface area contributed by atoms with Crippen LogP contribution in [-0.4, -0.2) is 53.9 Å². The molecule has 0 spiro atoms. The Morgan fingerprint density at radius 1 is 1.14 bits per heavy atom. The summed E-state index contributed by atoms with van der Waals surface area (Å²) in [6, 6.07) is 6.78. The van der Waals surface area contributed by atoms with Gasteiger partial charge in [0, 0.05) is 12.6 Å². The molecule has 2 aliphatic heterocycles. The van der Waals surface area contributed by atoms with E-state index in [1.165, 1.54) is 19.3 Å². The zero-order valence-electron chi connectivity index (χ0n) is 17.1. The number of carbonyl (C=O) groups is 3. The second-order valence-electron chi connectivity index (χ2n) is 8.52. The van der Waals surface area contributed by atoms with E-state index >= 15 is 0 Å². The SMILES string of the molecule is COc1ccc([C@]2(C)NC(=O)N(CC(=O)N3CCC[C@H]4CCCC[C@@H]43)C2=O)cc1. The number of imide groups is 1. The van der Waals surface area contributed by atoms with Gasteiger partial charge in [0.1, 0.15) is 17.8 Å². The molecule has 0 unspecified atom stereocenters. The monoisotopic (exact) mass is 399 g/mol. The van der Waals surface area contributed by atoms with Crippen LogP contribution in [0.4, 0.5) is 4.79 Å². The number of carbonyl (C=O) groups excluding carboxylic acids is 3. The second-order valence-corrected chi connectivity index (χ2v) is 8.52. The quantitative estimate of drug-likeness (QED) is 0.790. The zero-order valence-corrected chi connectivity index (χ0v) is 17.1. The Hall–Kier alpha value is -2.57. The van der Waals surface area contributed by atoms with Crippen LogP contribution in [0.15, 0.2) is 24.3 Å². The maximum atomic E-state index is 13.1. The number of nitrogens with zero attached hydrogens (tertiary/aromatic N) is 2. The smallest absolute Gasteiger partial charge is 0.325 e. The van der Waals surface area contributed by atoms with E-state index in [0.717, 1.165) is 30.7 Å². The molecule has 0 bridgehead atoms. The lowest BCUT2D eigenvalue weighted by Crippen LogP contribution is -2.53. The van der Waals surface area contributed by atoms with Gasteiger partial charge in [0.15, 0.2) is 0 Å². The van der Waals surface area contributed by atoms with Crippen molar-refractivity contribution in [1.82, 2.24) is 15.1 Å². The number of methoxy groups -OCH3 is 1. The molecule has 7 heteroatoms. The molecule has 4 amide bonds. The van der Waals surface area contributed by atoms with Crippen LogP contribution >= 0.6 is 0 Å². The van der Waals surface area contributed by atoms with Gasteiger partial charge < -0.3 is 15.0 Å². The van der Waals surface area contributed by atoms with Crippen LogP contribution in [-0.2, 0) is 15.1 Å². The lowest BCUT2D eigenvalue weighted by Gasteiger charge is -2.44. The first-order chi connectivity index (χ1) is 13.9. The predicted octanol–water partition coefficient (Wildman–Crippen LogP) is 2.64. The number of hydrogen-bond acceptors (Lipinski definition) is 4. The molecule has 3 fully saturated rings. The Morgan fingerprint density at radius 3 is 2.55 bits per heavy atom. The number of urea groups is 1. The van der Waals surface area contributed by atoms with Gasteiger partial charge in [-0.2, -0.15) is 0 Å². The van der Waals surface area contributed by atoms with E-state index in [-0.39, 0.29) is 18.5 Å². The molecule has 1 aromatic rings. The van der Waals surface area contributed by atoms with Crippen molar-refractivity contribution in [3.63, 3.8) is 0 Å². The Morgan fingerprint density at radius 2 is 1.83 bits per heavy atom. The first-order valence-electron chi connectivity index (χ1n) is 10.5. The highest BCUT2D eigenvalue weighted by atomic mass is 16.5. The van der Waals surface area contributed by atoms with E-state index in [2.05, 4.69) is 5.32 Å². The maximum absolute atomic E-state index is 13.1. The Kier molecular flexibility index (Phi) is 5.23. The molecule has 7 nitrogen and oxygen atoms in total. The highest BCUT2D eigenvalue weighted by Gasteiger charge is 2.50. The molecule has 29 heavy (non-hydrogen) atoms. The first-order valence-corrected chi connectivity index (χ1v) is 10.5. The zero-order chi connectivity index (χ0) is 20.6. The summed E-state index contributed by atoms with van der Waals surface area (Å²) in [7, 11) is 1.57. The van der Waals surface area contributed by atoms with E-state index in [1.807, 2.05) is 4.90 Å². The molecule has 3 atom stereocenters. The van der Waals surface area contributed by atoms with Crippen molar-refractivity contribution >= 4 is 17.8 Å². The van der Waals surface area contributed by atoms with Crippen molar-refractivity contribution in [2.45, 2.75) is 57.0 Å². The second kappa shape index (κ2) is 7.69. The van der Waals surface area contributed by atoms with Gasteiger partial charge in [-0.3, -0.25) is 14.5 Å². The fourth-order valence-corrected chi connectivity index (χ4v) is 5.12. The minimum atomic E-state index is -1.18. The summed E-state index contributed by atoms with van der Waals surface area (Å²) in [5.74, 6) is 0.727. The topological polar surface area (TPSA) is 79.0 Å². The normalized spacial score (nSPS) is 29.4. The maximum Gasteiger partial charge on any atom is 0.325 e. The minimum Gasteiger partial charge on any atom is -0.497 e. The van der Waals surface area contributed by atoms with Gasteiger partial charge in [-0.05, 0) is 56.2 Å². The molecule has 2 saturated heterocycles. The van der Waals surface area contributed by atoms with Gasteiger partial charge in [0.2, 0.25) is 5.91 Å². The Bertz CT molecular complexity index is 807. The van der Waals surface area contributed by atoms with Crippen LogP contribution in [0.1, 0.15) is 51.0 Å². The number of likely N-dealkylation sites (tertiary alicyclic amines) is 1. The third-order valence-corrected chi connectivity index (χ3v) is 6.80. The van der Waals surface area contributed by atoms with E-state index in [9.17, 15) is 14.4 Å². The molecule has 0 aromatic heterocycles. The number of ether oxygens (including phenoxy) is 1. The lowest BCUT2D eigenvalue weighted by molar-refractivity contribution is -0.142. The highest BCUT2D eigenvalue weighted by Crippen LogP contribution is 2.36. The Balaban J connectivity index is 1.49. The fraction of sp³-hybridized carbons (Fsp3) is 0.591. The van der Waals surface area contributed by atoms with Crippen LogP contribution in [0.5, 0.6) is 5.75 Å². The van der Waals surface area contributed by atoms with E-state index in [4.69, 9.17) is 4.74 Å². The molecule has 156 valence electrons. The number of piperidine rings is 1. The van der Waals surface area contributed by atoms with E-state index in [1.54, 1.807) is 38.3 Å². The van der Waals surface area contributed by atoms with E-state index < -0.39 is 17.5 Å². The molecule has 4 rings (SSSR count). The summed E-state index contributed by atoms with van der Waals surface area (Å²) in [5, 5.41) is 2.77. The molecule has 2 heterocycles. The van der Waals surface area contributed by atoms with Crippen molar-refractivity contribution in [2.24, 2.45) is 5.92 Å². The number of rotatable bonds is 4. The number of fused-ring (bicyclic) bond motifs is 1. The van der Waals surface area contributed by atoms with Gasteiger partial charge in [-0.15, -0.1) is 0 Å². The third kappa shape index (κ3) is 3.47. The van der Waals surface area contributed by atoms with Gasteiger partial charge in [0.05, 0.1) is 7.11 Å². The lowest BCUT2D eigenvalue weighted by atomic mass is 9.78. The molecule has 1 saturated carbocycles. The van der Waals surface area contributed by atoms with E-state index in [0.29, 0.717) is 17.2 Å². The third-order valence-electron chi connectivity index (χ3n) is 6.80. The van der Waals surface area contributed by atoms with Gasteiger partial charge in [-0.25, -0.2) is 4.79 Å². The van der Waals surface area contributed by atoms with Crippen LogP contribution in [0.3, 0.4) is 0 Å². The number of hydrogen-bond donors (Lipinski definition) is 1. The summed E-state index contributed by atoms with van der Waals surface area (Å²) in [4.78, 5) is 41.8. The molecule has 3 aliphatic rings. The van der Waals surface area contributed by atoms with Crippen molar-refractivity contribution in [3.8, 4) is 5.75 Å². The summed E-state index contributed by atoms with van der Waals surface area (Å²) in [5.41, 5.74) is -0.518. The van der Waals surface area contributed by atoms with Gasteiger partial charge in [-0.1, -0.05) is 25.0 Å². The van der Waals surface area contributed by atoms with Crippen molar-refractivity contribution < 1.29 is 19.1 Å². The summed E-state index contributed by atoms with van der Waals surface area (Å²) >= 11 is 0. The van der Waals surface area contributed by atoms with Crippen LogP contribution in [0.2, 0.25) is 0 Å². The summed E-state index contributed by atoms with van der Waals surface area (Å²) in [6.45, 7) is 2.20. The van der Waals surface area contributed by atoms with Crippen LogP contribution < -0.4 is 10.1 Å². The average molecular weight is 399 g/mol. The van der Waals surface area contributed by atoms with Crippen LogP contribution in [0.25, 0.3) is 0 Å². The molecule has 1 N–H and O–H groups in total. The number of amides is 4. The fourth-order valence-electron chi connectivity index (χ4n) is 5.12. The Labute approximate surface area is 171 Å². The minimum absolute atomic E-state index is 0.121. The molecule has 1 aliphatic carbocycles. The van der Waals surface area contributed by atoms with Crippen molar-refractivity contribution in [2.75, 3.05) is 20.2 Å². The van der Waals surface area contributed by atoms with Crippen LogP contribution in [0, 0.1) is 5.92 Å².